The molecular formula is C17H13F3N2O3. The van der Waals surface area contributed by atoms with Crippen LogP contribution >= 0.6 is 0 Å². The number of allylic oxidation sites excluding steroid dienone is 1. The molecule has 0 aliphatic carbocycles. The van der Waals surface area contributed by atoms with Gasteiger partial charge in [-0.25, -0.2) is 0 Å². The van der Waals surface area contributed by atoms with E-state index in [-0.39, 0.29) is 28.5 Å². The Morgan fingerprint density at radius 1 is 1.20 bits per heavy atom. The van der Waals surface area contributed by atoms with Crippen LogP contribution in [0, 0.1) is 11.3 Å². The van der Waals surface area contributed by atoms with Crippen molar-refractivity contribution >= 4 is 11.6 Å². The van der Waals surface area contributed by atoms with E-state index in [9.17, 15) is 23.5 Å². The summed E-state index contributed by atoms with van der Waals surface area (Å²) in [6.07, 6.45) is -2.43. The Bertz CT molecular complexity index is 813. The minimum Gasteiger partial charge on any atom is -0.502 e. The average Bonchev–Trinajstić information content (AvgIpc) is 2.60. The third-order valence-electron chi connectivity index (χ3n) is 3.30. The predicted octanol–water partition coefficient (Wildman–Crippen LogP) is 3.89. The average molecular weight is 350 g/mol. The number of ether oxygens (including phenoxy) is 2. The first-order valence-electron chi connectivity index (χ1n) is 6.90. The molecular weight excluding hydrogens is 337 g/mol. The third-order valence-corrected chi connectivity index (χ3v) is 3.30. The van der Waals surface area contributed by atoms with Crippen LogP contribution in [-0.4, -0.2) is 24.3 Å². The molecule has 0 atom stereocenters. The minimum absolute atomic E-state index is 0.0449. The number of aromatic nitrogens is 1. The minimum atomic E-state index is -4.50. The summed E-state index contributed by atoms with van der Waals surface area (Å²) < 4.78 is 47.8. The molecule has 0 aliphatic rings. The van der Waals surface area contributed by atoms with Crippen molar-refractivity contribution in [1.29, 1.82) is 5.26 Å². The second kappa shape index (κ2) is 7.13. The first-order valence-corrected chi connectivity index (χ1v) is 6.90. The molecule has 0 saturated heterocycles. The fourth-order valence-corrected chi connectivity index (χ4v) is 2.05. The van der Waals surface area contributed by atoms with E-state index in [4.69, 9.17) is 9.47 Å². The van der Waals surface area contributed by atoms with E-state index in [2.05, 4.69) is 4.98 Å². The van der Waals surface area contributed by atoms with Crippen molar-refractivity contribution in [2.75, 3.05) is 14.2 Å². The number of methoxy groups -OCH3 is 2. The zero-order valence-corrected chi connectivity index (χ0v) is 13.3. The Morgan fingerprint density at radius 2 is 1.80 bits per heavy atom. The van der Waals surface area contributed by atoms with Crippen molar-refractivity contribution in [1.82, 2.24) is 4.98 Å². The number of phenolic OH excluding ortho intramolecular Hbond substituents is 1. The van der Waals surface area contributed by atoms with E-state index in [1.165, 1.54) is 32.4 Å². The molecule has 1 N–H and O–H groups in total. The first-order chi connectivity index (χ1) is 11.8. The second-order valence-corrected chi connectivity index (χ2v) is 4.87. The van der Waals surface area contributed by atoms with Gasteiger partial charge in [-0.15, -0.1) is 0 Å². The largest absolute Gasteiger partial charge is 0.502 e. The number of pyridine rings is 1. The van der Waals surface area contributed by atoms with E-state index in [1.807, 2.05) is 6.07 Å². The summed E-state index contributed by atoms with van der Waals surface area (Å²) in [7, 11) is 2.70. The van der Waals surface area contributed by atoms with Crippen molar-refractivity contribution in [3.8, 4) is 23.3 Å². The number of benzene rings is 1. The molecule has 0 spiro atoms. The van der Waals surface area contributed by atoms with Gasteiger partial charge in [-0.05, 0) is 35.9 Å². The number of nitriles is 1. The SMILES string of the molecule is COc1cc(/C=C(/C#N)c2ccc(C(F)(F)F)cn2)cc(OC)c1O. The van der Waals surface area contributed by atoms with Gasteiger partial charge in [0.25, 0.3) is 0 Å². The lowest BCUT2D eigenvalue weighted by molar-refractivity contribution is -0.137. The van der Waals surface area contributed by atoms with Gasteiger partial charge in [0.15, 0.2) is 11.5 Å². The Balaban J connectivity index is 2.46. The molecule has 0 unspecified atom stereocenters. The number of aromatic hydroxyl groups is 1. The molecule has 1 aromatic carbocycles. The monoisotopic (exact) mass is 350 g/mol. The van der Waals surface area contributed by atoms with Crippen LogP contribution < -0.4 is 9.47 Å². The van der Waals surface area contributed by atoms with Crippen LogP contribution in [0.25, 0.3) is 11.6 Å². The number of hydrogen-bond acceptors (Lipinski definition) is 5. The zero-order valence-electron chi connectivity index (χ0n) is 13.3. The van der Waals surface area contributed by atoms with Crippen LogP contribution in [0.15, 0.2) is 30.5 Å². The zero-order chi connectivity index (χ0) is 18.6. The van der Waals surface area contributed by atoms with Crippen molar-refractivity contribution in [2.24, 2.45) is 0 Å². The van der Waals surface area contributed by atoms with Crippen LogP contribution in [0.3, 0.4) is 0 Å². The van der Waals surface area contributed by atoms with Gasteiger partial charge in [-0.2, -0.15) is 18.4 Å². The smallest absolute Gasteiger partial charge is 0.417 e. The Morgan fingerprint density at radius 3 is 2.20 bits per heavy atom. The number of nitrogens with zero attached hydrogens (tertiary/aromatic N) is 2. The van der Waals surface area contributed by atoms with Crippen LogP contribution in [0.5, 0.6) is 17.2 Å². The molecule has 1 heterocycles. The number of hydrogen-bond donors (Lipinski definition) is 1. The summed E-state index contributed by atoms with van der Waals surface area (Å²) in [6, 6.07) is 6.77. The Hall–Kier alpha value is -3.21. The van der Waals surface area contributed by atoms with Gasteiger partial charge >= 0.3 is 6.18 Å². The lowest BCUT2D eigenvalue weighted by atomic mass is 10.1. The van der Waals surface area contributed by atoms with Gasteiger partial charge in [0.2, 0.25) is 5.75 Å². The molecule has 0 radical (unpaired) electrons. The van der Waals surface area contributed by atoms with Gasteiger partial charge in [-0.1, -0.05) is 0 Å². The highest BCUT2D eigenvalue weighted by Gasteiger charge is 2.30. The highest BCUT2D eigenvalue weighted by atomic mass is 19.4. The maximum atomic E-state index is 12.6. The third kappa shape index (κ3) is 4.01. The second-order valence-electron chi connectivity index (χ2n) is 4.87. The number of halogens is 3. The quantitative estimate of drug-likeness (QED) is 0.847. The van der Waals surface area contributed by atoms with Crippen molar-refractivity contribution in [3.63, 3.8) is 0 Å². The molecule has 8 heteroatoms. The normalized spacial score (nSPS) is 11.8. The first kappa shape index (κ1) is 18.1. The molecule has 0 fully saturated rings. The molecule has 0 bridgehead atoms. The van der Waals surface area contributed by atoms with E-state index < -0.39 is 11.7 Å². The van der Waals surface area contributed by atoms with E-state index in [1.54, 1.807) is 0 Å². The molecule has 2 aromatic rings. The van der Waals surface area contributed by atoms with E-state index in [0.29, 0.717) is 11.8 Å². The maximum absolute atomic E-state index is 12.6. The van der Waals surface area contributed by atoms with Crippen LogP contribution in [0.2, 0.25) is 0 Å². The van der Waals surface area contributed by atoms with Crippen molar-refractivity contribution in [3.05, 3.63) is 47.3 Å². The summed E-state index contributed by atoms with van der Waals surface area (Å²) in [6.45, 7) is 0. The molecule has 1 aromatic heterocycles. The van der Waals surface area contributed by atoms with Crippen molar-refractivity contribution in [2.45, 2.75) is 6.18 Å². The summed E-state index contributed by atoms with van der Waals surface area (Å²) in [5.41, 5.74) is -0.323. The van der Waals surface area contributed by atoms with Crippen LogP contribution in [-0.2, 0) is 6.18 Å². The summed E-state index contributed by atoms with van der Waals surface area (Å²) in [5, 5.41) is 19.2. The lowest BCUT2D eigenvalue weighted by Crippen LogP contribution is -2.05. The predicted molar refractivity (Wildman–Crippen MR) is 83.9 cm³/mol. The standard InChI is InChI=1S/C17H13F3N2O3/c1-24-14-6-10(7-15(25-2)16(14)23)5-11(8-21)13-4-3-12(9-22-13)17(18,19)20/h3-7,9,23H,1-2H3/b11-5-. The molecule has 0 aliphatic heterocycles. The molecule has 0 amide bonds. The highest BCUT2D eigenvalue weighted by Crippen LogP contribution is 2.38. The fraction of sp³-hybridized carbons (Fsp3) is 0.176. The van der Waals surface area contributed by atoms with Gasteiger partial charge in [0, 0.05) is 6.20 Å². The summed E-state index contributed by atoms with van der Waals surface area (Å²) in [5.74, 6) is 0.0554. The van der Waals surface area contributed by atoms with Gasteiger partial charge < -0.3 is 14.6 Å². The number of alkyl halides is 3. The number of rotatable bonds is 4. The Labute approximate surface area is 141 Å². The fourth-order valence-electron chi connectivity index (χ4n) is 2.05. The van der Waals surface area contributed by atoms with Crippen molar-refractivity contribution < 1.29 is 27.8 Å². The van der Waals surface area contributed by atoms with E-state index in [0.717, 1.165) is 12.1 Å². The van der Waals surface area contributed by atoms with Crippen LogP contribution in [0.1, 0.15) is 16.8 Å². The highest BCUT2D eigenvalue weighted by molar-refractivity contribution is 5.88. The Kier molecular flexibility index (Phi) is 5.17. The number of phenols is 1. The van der Waals surface area contributed by atoms with Gasteiger partial charge in [-0.3, -0.25) is 4.98 Å². The molecule has 0 saturated carbocycles. The van der Waals surface area contributed by atoms with Gasteiger partial charge in [0.1, 0.15) is 6.07 Å². The topological polar surface area (TPSA) is 75.4 Å². The van der Waals surface area contributed by atoms with E-state index >= 15 is 0 Å². The summed E-state index contributed by atoms with van der Waals surface area (Å²) >= 11 is 0. The van der Waals surface area contributed by atoms with Gasteiger partial charge in [0.05, 0.1) is 31.1 Å². The summed E-state index contributed by atoms with van der Waals surface area (Å²) in [4.78, 5) is 3.69. The lowest BCUT2D eigenvalue weighted by Gasteiger charge is -2.10. The maximum Gasteiger partial charge on any atom is 0.417 e. The van der Waals surface area contributed by atoms with Crippen LogP contribution in [0.4, 0.5) is 13.2 Å². The molecule has 5 nitrogen and oxygen atoms in total. The molecule has 130 valence electrons. The molecule has 2 rings (SSSR count). The molecule has 25 heavy (non-hydrogen) atoms.